The van der Waals surface area contributed by atoms with E-state index in [1.807, 2.05) is 6.07 Å². The molecule has 1 aromatic heterocycles. The van der Waals surface area contributed by atoms with Gasteiger partial charge in [0.15, 0.2) is 5.82 Å². The zero-order chi connectivity index (χ0) is 23.4. The second kappa shape index (κ2) is 7.76. The van der Waals surface area contributed by atoms with Crippen molar-refractivity contribution >= 4 is 28.6 Å². The average molecular weight is 458 g/mol. The van der Waals surface area contributed by atoms with Gasteiger partial charge in [0.1, 0.15) is 5.52 Å². The van der Waals surface area contributed by atoms with Crippen molar-refractivity contribution in [3.05, 3.63) is 53.8 Å². The van der Waals surface area contributed by atoms with E-state index in [9.17, 15) is 18.7 Å². The van der Waals surface area contributed by atoms with Gasteiger partial charge in [-0.2, -0.15) is 0 Å². The number of benzene rings is 2. The van der Waals surface area contributed by atoms with Crippen LogP contribution in [0.15, 0.2) is 42.5 Å². The Morgan fingerprint density at radius 2 is 1.91 bits per heavy atom. The van der Waals surface area contributed by atoms with Crippen LogP contribution in [0, 0.1) is 5.82 Å². The Kier molecular flexibility index (Phi) is 5.12. The van der Waals surface area contributed by atoms with E-state index in [1.54, 1.807) is 41.8 Å². The highest BCUT2D eigenvalue weighted by Gasteiger charge is 2.45. The van der Waals surface area contributed by atoms with Gasteiger partial charge in [-0.3, -0.25) is 10.1 Å². The molecule has 174 valence electrons. The fourth-order valence-electron chi connectivity index (χ4n) is 4.53. The fraction of sp³-hybridized carbons (Fsp3) is 0.417. The lowest BCUT2D eigenvalue weighted by Crippen LogP contribution is -2.56. The Labute approximate surface area is 189 Å². The second-order valence-electron chi connectivity index (χ2n) is 9.23. The minimum absolute atomic E-state index is 0.0393. The number of imidazole rings is 1. The third kappa shape index (κ3) is 3.94. The highest BCUT2D eigenvalue weighted by Crippen LogP contribution is 2.41. The number of amides is 1. The number of anilines is 2. The Hall–Kier alpha value is -3.07. The van der Waals surface area contributed by atoms with E-state index in [-0.39, 0.29) is 29.6 Å². The minimum atomic E-state index is -2.82. The fourth-order valence-corrected chi connectivity index (χ4v) is 4.53. The highest BCUT2D eigenvalue weighted by molar-refractivity contribution is 5.93. The normalized spacial score (nSPS) is 19.6. The Morgan fingerprint density at radius 1 is 1.21 bits per heavy atom. The van der Waals surface area contributed by atoms with Crippen LogP contribution in [-0.2, 0) is 10.4 Å². The Bertz CT molecular complexity index is 1200. The number of aliphatic hydroxyl groups is 1. The Balaban J connectivity index is 1.45. The van der Waals surface area contributed by atoms with E-state index in [1.165, 1.54) is 11.0 Å². The van der Waals surface area contributed by atoms with Crippen LogP contribution in [0.1, 0.15) is 44.2 Å². The molecule has 3 aromatic rings. The number of halogens is 3. The molecule has 0 spiro atoms. The predicted molar refractivity (Wildman–Crippen MR) is 119 cm³/mol. The van der Waals surface area contributed by atoms with Crippen molar-refractivity contribution in [3.63, 3.8) is 0 Å². The molecule has 2 N–H and O–H groups in total. The molecule has 1 aliphatic heterocycles. The molecule has 0 bridgehead atoms. The van der Waals surface area contributed by atoms with Crippen molar-refractivity contribution in [2.45, 2.75) is 50.2 Å². The third-order valence-corrected chi connectivity index (χ3v) is 6.55. The molecule has 2 heterocycles. The molecule has 6 nitrogen and oxygen atoms in total. The lowest BCUT2D eigenvalue weighted by molar-refractivity contribution is -0.120. The van der Waals surface area contributed by atoms with Crippen LogP contribution in [-0.4, -0.2) is 39.6 Å². The monoisotopic (exact) mass is 458 g/mol. The van der Waals surface area contributed by atoms with Gasteiger partial charge < -0.3 is 14.6 Å². The molecule has 33 heavy (non-hydrogen) atoms. The molecular weight excluding hydrogens is 433 g/mol. The number of hydrogen-bond acceptors (Lipinski definition) is 4. The van der Waals surface area contributed by atoms with Gasteiger partial charge in [-0.05, 0) is 43.9 Å². The summed E-state index contributed by atoms with van der Waals surface area (Å²) in [6.45, 7) is 0.516. The predicted octanol–water partition coefficient (Wildman–Crippen LogP) is 4.59. The molecule has 9 heteroatoms. The zero-order valence-electron chi connectivity index (χ0n) is 18.2. The van der Waals surface area contributed by atoms with E-state index >= 15 is 4.39 Å². The zero-order valence-corrected chi connectivity index (χ0v) is 18.2. The first-order valence-corrected chi connectivity index (χ1v) is 11.1. The van der Waals surface area contributed by atoms with Gasteiger partial charge in [-0.15, -0.1) is 0 Å². The van der Waals surface area contributed by atoms with Crippen molar-refractivity contribution in [3.8, 4) is 0 Å². The molecule has 2 aliphatic rings. The van der Waals surface area contributed by atoms with Gasteiger partial charge in [0, 0.05) is 6.04 Å². The average Bonchev–Trinajstić information content (AvgIpc) is 3.04. The lowest BCUT2D eigenvalue weighted by atomic mass is 9.92. The van der Waals surface area contributed by atoms with Crippen LogP contribution in [0.25, 0.3) is 11.0 Å². The third-order valence-electron chi connectivity index (χ3n) is 6.55. The molecular formula is C24H25F3N4O2. The van der Waals surface area contributed by atoms with Gasteiger partial charge >= 0.3 is 0 Å². The molecule has 1 saturated heterocycles. The maximum atomic E-state index is 15.5. The van der Waals surface area contributed by atoms with E-state index in [0.717, 1.165) is 19.3 Å². The number of hydrogen-bond donors (Lipinski definition) is 2. The topological polar surface area (TPSA) is 70.4 Å². The largest absolute Gasteiger partial charge is 0.385 e. The summed E-state index contributed by atoms with van der Waals surface area (Å²) in [6, 6.07) is 11.9. The quantitative estimate of drug-likeness (QED) is 0.567. The van der Waals surface area contributed by atoms with E-state index in [2.05, 4.69) is 10.3 Å². The molecule has 1 amide bonds. The van der Waals surface area contributed by atoms with Crippen LogP contribution in [0.4, 0.5) is 24.8 Å². The summed E-state index contributed by atoms with van der Waals surface area (Å²) in [5.41, 5.74) is -0.119. The molecule has 0 unspecified atom stereocenters. The maximum Gasteiger partial charge on any atom is 0.282 e. The van der Waals surface area contributed by atoms with Gasteiger partial charge in [0.25, 0.3) is 5.92 Å². The first-order chi connectivity index (χ1) is 15.6. The Morgan fingerprint density at radius 3 is 2.52 bits per heavy atom. The minimum Gasteiger partial charge on any atom is -0.385 e. The second-order valence-corrected chi connectivity index (χ2v) is 9.23. The lowest BCUT2D eigenvalue weighted by Gasteiger charge is -2.40. The van der Waals surface area contributed by atoms with Crippen LogP contribution < -0.4 is 10.2 Å². The number of carbonyl (C=O) groups excluding carboxylic acids is 1. The number of aromatic nitrogens is 2. The summed E-state index contributed by atoms with van der Waals surface area (Å²) < 4.78 is 43.9. The van der Waals surface area contributed by atoms with E-state index in [4.69, 9.17) is 0 Å². The SMILES string of the molecule is C[C@](O)(CC(=O)Nc1nc2ccc(N3CC(F)(F)C3)c(F)c2n1C1CCC1)c1ccccc1. The van der Waals surface area contributed by atoms with E-state index in [0.29, 0.717) is 11.1 Å². The summed E-state index contributed by atoms with van der Waals surface area (Å²) in [5.74, 6) is -3.68. The summed E-state index contributed by atoms with van der Waals surface area (Å²) in [4.78, 5) is 18.6. The number of rotatable bonds is 6. The van der Waals surface area contributed by atoms with Crippen LogP contribution in [0.2, 0.25) is 0 Å². The molecule has 2 aromatic carbocycles. The molecule has 1 aliphatic carbocycles. The number of nitrogens with one attached hydrogen (secondary N) is 1. The van der Waals surface area contributed by atoms with Gasteiger partial charge in [-0.1, -0.05) is 30.3 Å². The first kappa shape index (κ1) is 21.8. The highest BCUT2D eigenvalue weighted by atomic mass is 19.3. The van der Waals surface area contributed by atoms with Crippen molar-refractivity contribution in [2.75, 3.05) is 23.3 Å². The molecule has 0 radical (unpaired) electrons. The summed E-state index contributed by atoms with van der Waals surface area (Å²) in [5, 5.41) is 13.6. The molecule has 1 saturated carbocycles. The molecule has 5 rings (SSSR count). The van der Waals surface area contributed by atoms with Crippen molar-refractivity contribution < 1.29 is 23.1 Å². The van der Waals surface area contributed by atoms with Crippen molar-refractivity contribution in [1.82, 2.24) is 9.55 Å². The number of nitrogens with zero attached hydrogens (tertiary/aromatic N) is 3. The first-order valence-electron chi connectivity index (χ1n) is 11.1. The van der Waals surface area contributed by atoms with Gasteiger partial charge in [-0.25, -0.2) is 18.2 Å². The summed E-state index contributed by atoms with van der Waals surface area (Å²) in [6.07, 6.45) is 2.38. The smallest absolute Gasteiger partial charge is 0.282 e. The van der Waals surface area contributed by atoms with E-state index < -0.39 is 36.3 Å². The van der Waals surface area contributed by atoms with Gasteiger partial charge in [0.2, 0.25) is 11.9 Å². The van der Waals surface area contributed by atoms with Crippen LogP contribution in [0.5, 0.6) is 0 Å². The number of alkyl halides is 2. The van der Waals surface area contributed by atoms with Crippen molar-refractivity contribution in [2.24, 2.45) is 0 Å². The standard InChI is InChI=1S/C24H25F3N4O2/c1-23(33,15-6-3-2-4-7-15)12-19(32)29-22-28-17-10-11-18(30-13-24(26,27)14-30)20(25)21(17)31(22)16-8-5-9-16/h2-4,6-7,10-11,16,33H,5,8-9,12-14H2,1H3,(H,28,29,32)/t23-/m0/s1. The van der Waals surface area contributed by atoms with Gasteiger partial charge in [0.05, 0.1) is 36.3 Å². The molecule has 1 atom stereocenters. The maximum absolute atomic E-state index is 15.5. The van der Waals surface area contributed by atoms with Crippen LogP contribution >= 0.6 is 0 Å². The molecule has 2 fully saturated rings. The number of fused-ring (bicyclic) bond motifs is 1. The summed E-state index contributed by atoms with van der Waals surface area (Å²) in [7, 11) is 0. The summed E-state index contributed by atoms with van der Waals surface area (Å²) >= 11 is 0. The van der Waals surface area contributed by atoms with Crippen LogP contribution in [0.3, 0.4) is 0 Å². The number of carbonyl (C=O) groups is 1. The van der Waals surface area contributed by atoms with Crippen molar-refractivity contribution in [1.29, 1.82) is 0 Å².